The second kappa shape index (κ2) is 25.5. The number of amides is 6. The average molecular weight is 1180 g/mol. The van der Waals surface area contributed by atoms with Crippen molar-refractivity contribution in [2.75, 3.05) is 143 Å². The largest absolute Gasteiger partial charge is 0.369 e. The molecule has 4 aliphatic rings. The first-order valence-corrected chi connectivity index (χ1v) is 31.0. The Balaban J connectivity index is 0.613. The molecule has 5 heterocycles. The van der Waals surface area contributed by atoms with Gasteiger partial charge in [0.2, 0.25) is 0 Å². The summed E-state index contributed by atoms with van der Waals surface area (Å²) in [6.07, 6.45) is 2.56. The van der Waals surface area contributed by atoms with Gasteiger partial charge in [0.1, 0.15) is 0 Å². The van der Waals surface area contributed by atoms with Gasteiger partial charge in [0, 0.05) is 139 Å². The van der Waals surface area contributed by atoms with Crippen LogP contribution in [0.5, 0.6) is 0 Å². The van der Waals surface area contributed by atoms with E-state index >= 15 is 0 Å². The molecule has 0 aliphatic carbocycles. The summed E-state index contributed by atoms with van der Waals surface area (Å²) in [7, 11) is 8.23. The number of fused-ring (bicyclic) bond motifs is 2. The topological polar surface area (TPSA) is 174 Å². The van der Waals surface area contributed by atoms with Crippen molar-refractivity contribution in [2.45, 2.75) is 32.6 Å². The van der Waals surface area contributed by atoms with Gasteiger partial charge in [-0.1, -0.05) is 35.9 Å². The van der Waals surface area contributed by atoms with Crippen molar-refractivity contribution in [1.29, 1.82) is 0 Å². The van der Waals surface area contributed by atoms with Crippen molar-refractivity contribution in [2.24, 2.45) is 0 Å². The van der Waals surface area contributed by atoms with Gasteiger partial charge in [0.15, 0.2) is 5.43 Å². The van der Waals surface area contributed by atoms with Crippen LogP contribution in [-0.2, 0) is 0 Å². The van der Waals surface area contributed by atoms with Gasteiger partial charge in [-0.05, 0) is 189 Å². The molecule has 2 N–H and O–H groups in total. The van der Waals surface area contributed by atoms with E-state index in [0.29, 0.717) is 133 Å². The molecule has 0 bridgehead atoms. The lowest BCUT2D eigenvalue weighted by atomic mass is 9.93. The Labute approximate surface area is 512 Å². The minimum Gasteiger partial charge on any atom is -0.369 e. The first-order chi connectivity index (χ1) is 42.6. The van der Waals surface area contributed by atoms with Crippen LogP contribution in [0.15, 0.2) is 126 Å². The van der Waals surface area contributed by atoms with Gasteiger partial charge >= 0.3 is 0 Å². The minimum absolute atomic E-state index is 0.181. The molecule has 0 radical (unpaired) electrons. The summed E-state index contributed by atoms with van der Waals surface area (Å²) in [5.74, 6) is -1.52. The number of imide groups is 2. The van der Waals surface area contributed by atoms with Gasteiger partial charge in [-0.15, -0.1) is 0 Å². The zero-order valence-electron chi connectivity index (χ0n) is 51.1. The highest BCUT2D eigenvalue weighted by Crippen LogP contribution is 2.37. The minimum atomic E-state index is -0.293. The average Bonchev–Trinajstić information content (AvgIpc) is 0.863. The quantitative estimate of drug-likeness (QED) is 0.0407. The first-order valence-electron chi connectivity index (χ1n) is 31.0. The van der Waals surface area contributed by atoms with Crippen molar-refractivity contribution in [1.82, 2.24) is 44.6 Å². The summed E-state index contributed by atoms with van der Waals surface area (Å²) in [5.41, 5.74) is 7.96. The number of hydrogen-bond acceptors (Lipinski definition) is 13. The third-order valence-electron chi connectivity index (χ3n) is 18.2. The fourth-order valence-corrected chi connectivity index (χ4v) is 13.1. The second-order valence-electron chi connectivity index (χ2n) is 24.4. The van der Waals surface area contributed by atoms with E-state index in [4.69, 9.17) is 0 Å². The predicted octanol–water partition coefficient (Wildman–Crippen LogP) is 7.74. The van der Waals surface area contributed by atoms with Gasteiger partial charge in [0.25, 0.3) is 35.4 Å². The van der Waals surface area contributed by atoms with Crippen LogP contribution in [0.25, 0.3) is 49.0 Å². The van der Waals surface area contributed by atoms with Crippen LogP contribution in [0.3, 0.4) is 0 Å². The number of carbonyl (C=O) groups excluding carboxylic acids is 6. The number of nitrogens with zero attached hydrogens (tertiary/aromatic N) is 9. The number of anilines is 2. The zero-order chi connectivity index (χ0) is 61.3. The van der Waals surface area contributed by atoms with Crippen molar-refractivity contribution in [3.05, 3.63) is 170 Å². The van der Waals surface area contributed by atoms with E-state index in [1.807, 2.05) is 104 Å². The Hall–Kier alpha value is -8.81. The van der Waals surface area contributed by atoms with Gasteiger partial charge < -0.3 is 44.6 Å². The number of hydrogen-bond donors (Lipinski definition) is 2. The molecule has 18 heteroatoms. The van der Waals surface area contributed by atoms with Gasteiger partial charge in [-0.25, -0.2) is 0 Å². The third kappa shape index (κ3) is 12.0. The van der Waals surface area contributed by atoms with E-state index in [1.54, 1.807) is 30.3 Å². The smallest absolute Gasteiger partial charge is 0.261 e. The Kier molecular flexibility index (Phi) is 17.2. The molecule has 0 saturated carbocycles. The maximum absolute atomic E-state index is 14.2. The molecule has 0 spiro atoms. The van der Waals surface area contributed by atoms with Crippen molar-refractivity contribution < 1.29 is 28.8 Å². The summed E-state index contributed by atoms with van der Waals surface area (Å²) in [4.78, 5) is 113. The van der Waals surface area contributed by atoms with Crippen LogP contribution in [0.1, 0.15) is 93.4 Å². The van der Waals surface area contributed by atoms with Crippen molar-refractivity contribution >= 4 is 90.2 Å². The number of likely N-dealkylation sites (N-methyl/N-ethyl adjacent to an activating group) is 2. The van der Waals surface area contributed by atoms with E-state index in [0.717, 1.165) is 96.5 Å². The van der Waals surface area contributed by atoms with Crippen LogP contribution >= 0.6 is 0 Å². The lowest BCUT2D eigenvalue weighted by Gasteiger charge is -2.35. The molecule has 454 valence electrons. The van der Waals surface area contributed by atoms with Crippen LogP contribution in [0.4, 0.5) is 11.4 Å². The summed E-state index contributed by atoms with van der Waals surface area (Å²) < 4.78 is 1.99. The lowest BCUT2D eigenvalue weighted by Crippen LogP contribution is -2.45. The number of aromatic nitrogens is 1. The van der Waals surface area contributed by atoms with Gasteiger partial charge in [-0.2, -0.15) is 0 Å². The maximum atomic E-state index is 14.2. The highest BCUT2D eigenvalue weighted by atomic mass is 16.2. The zero-order valence-corrected chi connectivity index (χ0v) is 51.1. The van der Waals surface area contributed by atoms with E-state index in [2.05, 4.69) is 66.3 Å². The Morgan fingerprint density at radius 2 is 0.886 bits per heavy atom. The highest BCUT2D eigenvalue weighted by Gasteiger charge is 2.35. The predicted molar refractivity (Wildman–Crippen MR) is 348 cm³/mol. The standard InChI is InChI=1S/C70H77N11O7/c1-46-16-22-60-56(40-46)64(82)57-43-50(66(84)72-25-9-27-74(3)29-11-31-80-68(86)55-15-7-13-49-42-53(45-59(63(49)55)70(80)88)78-38-34-76(5)35-39-78)19-23-61(57)81(60)51-20-17-47(18-21-51)65(83)71-24-8-26-73(2)28-10-30-79-67(85)54-14-6-12-48-41-52(44-58(62(48)54)69(79)87)77-36-32-75(4)33-37-77/h6-7,12-23,40-45H,8-11,24-39H2,1-5H3,(H,71,83)(H,72,84). The molecule has 4 aliphatic heterocycles. The van der Waals surface area contributed by atoms with Crippen LogP contribution in [-0.4, -0.2) is 202 Å². The number of rotatable bonds is 21. The molecule has 0 unspecified atom stereocenters. The summed E-state index contributed by atoms with van der Waals surface area (Å²) in [6, 6.07) is 37.7. The molecule has 2 fully saturated rings. The Bertz CT molecular complexity index is 4130. The van der Waals surface area contributed by atoms with Crippen LogP contribution in [0, 0.1) is 6.92 Å². The van der Waals surface area contributed by atoms with Crippen molar-refractivity contribution in [3.63, 3.8) is 0 Å². The summed E-state index contributed by atoms with van der Waals surface area (Å²) in [5, 5.41) is 10.3. The molecule has 6 amide bonds. The number of pyridine rings is 1. The van der Waals surface area contributed by atoms with E-state index in [1.165, 1.54) is 9.80 Å². The second-order valence-corrected chi connectivity index (χ2v) is 24.4. The molecule has 7 aromatic carbocycles. The SMILES string of the molecule is Cc1ccc2c(c1)c(=O)c1cc(C(=O)NCCCN(C)CCCN3C(=O)c4cccc5cc(N6CCN(C)CC6)cc(c45)C3=O)ccc1n2-c1ccc(C(=O)NCCCN(C)CCCN2C(=O)c3cccc4cc(N5CCN(C)CC5)cc(c34)C2=O)cc1. The van der Waals surface area contributed by atoms with Gasteiger partial charge in [-0.3, -0.25) is 43.4 Å². The van der Waals surface area contributed by atoms with Crippen LogP contribution in [0.2, 0.25) is 0 Å². The molecule has 1 aromatic heterocycles. The van der Waals surface area contributed by atoms with E-state index in [-0.39, 0.29) is 40.9 Å². The monoisotopic (exact) mass is 1180 g/mol. The van der Waals surface area contributed by atoms with Crippen molar-refractivity contribution in [3.8, 4) is 5.69 Å². The Morgan fingerprint density at radius 1 is 0.455 bits per heavy atom. The van der Waals surface area contributed by atoms with E-state index in [9.17, 15) is 33.6 Å². The lowest BCUT2D eigenvalue weighted by molar-refractivity contribution is 0.0589. The van der Waals surface area contributed by atoms with E-state index < -0.39 is 0 Å². The van der Waals surface area contributed by atoms with Gasteiger partial charge in [0.05, 0.1) is 22.2 Å². The normalized spacial score (nSPS) is 15.8. The fraction of sp³-hybridized carbons (Fsp3) is 0.357. The molecular weight excluding hydrogens is 1110 g/mol. The molecular formula is C70H77N11O7. The molecule has 2 saturated heterocycles. The number of benzene rings is 7. The first kappa shape index (κ1) is 59.5. The summed E-state index contributed by atoms with van der Waals surface area (Å²) >= 11 is 0. The third-order valence-corrected chi connectivity index (χ3v) is 18.2. The molecule has 88 heavy (non-hydrogen) atoms. The fourth-order valence-electron chi connectivity index (χ4n) is 13.1. The molecule has 18 nitrogen and oxygen atoms in total. The van der Waals surface area contributed by atoms with Crippen LogP contribution < -0.4 is 25.9 Å². The highest BCUT2D eigenvalue weighted by molar-refractivity contribution is 6.27. The maximum Gasteiger partial charge on any atom is 0.261 e. The number of nitrogens with one attached hydrogen (secondary N) is 2. The molecule has 0 atom stereocenters. The number of piperazine rings is 2. The number of carbonyl (C=O) groups is 6. The molecule has 8 aromatic rings. The molecule has 12 rings (SSSR count). The summed E-state index contributed by atoms with van der Waals surface area (Å²) in [6.45, 7) is 13.4. The Morgan fingerprint density at radius 3 is 1.39 bits per heavy atom. The number of aryl methyl sites for hydroxylation is 1.